The van der Waals surface area contributed by atoms with E-state index in [2.05, 4.69) is 15.2 Å². The van der Waals surface area contributed by atoms with Crippen LogP contribution in [0.5, 0.6) is 5.75 Å². The maximum absolute atomic E-state index is 13.0. The van der Waals surface area contributed by atoms with Gasteiger partial charge in [-0.3, -0.25) is 9.59 Å². The van der Waals surface area contributed by atoms with Crippen LogP contribution in [-0.4, -0.2) is 22.1 Å². The van der Waals surface area contributed by atoms with Crippen LogP contribution in [0.2, 0.25) is 5.02 Å². The van der Waals surface area contributed by atoms with Crippen molar-refractivity contribution < 1.29 is 22.7 Å². The normalized spacial score (nSPS) is 11.4. The van der Waals surface area contributed by atoms with Gasteiger partial charge < -0.3 is 10.1 Å². The number of rotatable bonds is 5. The third kappa shape index (κ3) is 5.15. The number of amides is 1. The first kappa shape index (κ1) is 22.3. The highest BCUT2D eigenvalue weighted by atomic mass is 35.5. The molecule has 0 radical (unpaired) electrons. The van der Waals surface area contributed by atoms with Crippen LogP contribution in [0.15, 0.2) is 77.6 Å². The summed E-state index contributed by atoms with van der Waals surface area (Å²) in [7, 11) is 0. The quantitative estimate of drug-likeness (QED) is 0.449. The van der Waals surface area contributed by atoms with Crippen LogP contribution in [-0.2, 0) is 6.54 Å². The topological polar surface area (TPSA) is 73.2 Å². The first-order valence-corrected chi connectivity index (χ1v) is 10.00. The largest absolute Gasteiger partial charge is 0.573 e. The standard InChI is InChI=1S/C23H15ClF3N3O3/c24-15-8-10-16(11-9-15)30-22(32)19-7-2-1-6-18(19)20(29-30)21(31)28-13-14-4-3-5-17(12-14)33-23(25,26)27/h1-12H,13H2,(H,28,31). The Hall–Kier alpha value is -3.85. The van der Waals surface area contributed by atoms with Crippen LogP contribution in [0, 0.1) is 0 Å². The van der Waals surface area contributed by atoms with Gasteiger partial charge in [0, 0.05) is 17.0 Å². The zero-order valence-electron chi connectivity index (χ0n) is 16.8. The molecule has 0 fully saturated rings. The first-order valence-electron chi connectivity index (χ1n) is 9.62. The van der Waals surface area contributed by atoms with Gasteiger partial charge >= 0.3 is 6.36 Å². The van der Waals surface area contributed by atoms with Crippen molar-refractivity contribution in [2.45, 2.75) is 12.9 Å². The molecule has 10 heteroatoms. The number of fused-ring (bicyclic) bond motifs is 1. The van der Waals surface area contributed by atoms with Crippen LogP contribution in [0.1, 0.15) is 16.1 Å². The predicted molar refractivity (Wildman–Crippen MR) is 117 cm³/mol. The summed E-state index contributed by atoms with van der Waals surface area (Å²) in [6.45, 7) is -0.0794. The molecular formula is C23H15ClF3N3O3. The van der Waals surface area contributed by atoms with Crippen molar-refractivity contribution in [3.05, 3.63) is 99.4 Å². The zero-order chi connectivity index (χ0) is 23.6. The van der Waals surface area contributed by atoms with Crippen molar-refractivity contribution in [3.8, 4) is 11.4 Å². The molecule has 1 N–H and O–H groups in total. The molecule has 0 aliphatic rings. The number of hydrogen-bond acceptors (Lipinski definition) is 4. The fourth-order valence-electron chi connectivity index (χ4n) is 3.23. The molecule has 1 aromatic heterocycles. The van der Waals surface area contributed by atoms with Crippen molar-refractivity contribution in [1.29, 1.82) is 0 Å². The monoisotopic (exact) mass is 473 g/mol. The van der Waals surface area contributed by atoms with Gasteiger partial charge in [0.1, 0.15) is 5.75 Å². The van der Waals surface area contributed by atoms with Gasteiger partial charge in [0.25, 0.3) is 11.5 Å². The summed E-state index contributed by atoms with van der Waals surface area (Å²) in [6.07, 6.45) is -4.82. The molecule has 4 rings (SSSR count). The number of carbonyl (C=O) groups excluding carboxylic acids is 1. The smallest absolute Gasteiger partial charge is 0.406 e. The molecule has 4 aromatic rings. The highest BCUT2D eigenvalue weighted by molar-refractivity contribution is 6.30. The maximum atomic E-state index is 13.0. The molecule has 33 heavy (non-hydrogen) atoms. The van der Waals surface area contributed by atoms with Gasteiger partial charge in [0.05, 0.1) is 11.1 Å². The number of aromatic nitrogens is 2. The number of carbonyl (C=O) groups is 1. The first-order chi connectivity index (χ1) is 15.7. The SMILES string of the molecule is O=C(NCc1cccc(OC(F)(F)F)c1)c1nn(-c2ccc(Cl)cc2)c(=O)c2ccccc12. The molecule has 0 saturated heterocycles. The van der Waals surface area contributed by atoms with Crippen molar-refractivity contribution in [1.82, 2.24) is 15.1 Å². The van der Waals surface area contributed by atoms with Crippen LogP contribution in [0.3, 0.4) is 0 Å². The fourth-order valence-corrected chi connectivity index (χ4v) is 3.36. The summed E-state index contributed by atoms with van der Waals surface area (Å²) in [5.74, 6) is -0.995. The molecule has 0 atom stereocenters. The van der Waals surface area contributed by atoms with E-state index >= 15 is 0 Å². The van der Waals surface area contributed by atoms with Gasteiger partial charge in [-0.25, -0.2) is 0 Å². The van der Waals surface area contributed by atoms with Crippen molar-refractivity contribution >= 4 is 28.3 Å². The molecular weight excluding hydrogens is 459 g/mol. The zero-order valence-corrected chi connectivity index (χ0v) is 17.5. The van der Waals surface area contributed by atoms with Crippen molar-refractivity contribution in [3.63, 3.8) is 0 Å². The number of benzene rings is 3. The van der Waals surface area contributed by atoms with E-state index in [0.717, 1.165) is 10.7 Å². The van der Waals surface area contributed by atoms with E-state index in [9.17, 15) is 22.8 Å². The van der Waals surface area contributed by atoms with E-state index in [4.69, 9.17) is 11.6 Å². The Kier molecular flexibility index (Phi) is 6.06. The summed E-state index contributed by atoms with van der Waals surface area (Å²) >= 11 is 5.92. The Balaban J connectivity index is 1.66. The van der Waals surface area contributed by atoms with Gasteiger partial charge in [-0.2, -0.15) is 9.78 Å². The third-order valence-electron chi connectivity index (χ3n) is 4.68. The summed E-state index contributed by atoms with van der Waals surface area (Å²) in [6, 6.07) is 18.2. The second-order valence-electron chi connectivity index (χ2n) is 6.97. The minimum absolute atomic E-state index is 0.0113. The van der Waals surface area contributed by atoms with Gasteiger partial charge in [-0.15, -0.1) is 13.2 Å². The number of nitrogens with one attached hydrogen (secondary N) is 1. The van der Waals surface area contributed by atoms with Gasteiger partial charge in [0.2, 0.25) is 0 Å². The van der Waals surface area contributed by atoms with Gasteiger partial charge in [0.15, 0.2) is 5.69 Å². The van der Waals surface area contributed by atoms with Crippen LogP contribution in [0.4, 0.5) is 13.2 Å². The molecule has 0 spiro atoms. The van der Waals surface area contributed by atoms with E-state index in [-0.39, 0.29) is 17.6 Å². The second kappa shape index (κ2) is 8.95. The molecule has 1 heterocycles. The van der Waals surface area contributed by atoms with E-state index in [1.54, 1.807) is 54.6 Å². The van der Waals surface area contributed by atoms with Crippen LogP contribution in [0.25, 0.3) is 16.5 Å². The lowest BCUT2D eigenvalue weighted by atomic mass is 10.1. The molecule has 1 amide bonds. The lowest BCUT2D eigenvalue weighted by Crippen LogP contribution is -2.29. The maximum Gasteiger partial charge on any atom is 0.573 e. The number of hydrogen-bond donors (Lipinski definition) is 1. The Morgan fingerprint density at radius 2 is 1.70 bits per heavy atom. The molecule has 168 valence electrons. The molecule has 0 saturated carbocycles. The number of halogens is 4. The van der Waals surface area contributed by atoms with E-state index in [1.807, 2.05) is 0 Å². The molecule has 0 aliphatic heterocycles. The molecule has 0 bridgehead atoms. The lowest BCUT2D eigenvalue weighted by Gasteiger charge is -2.12. The lowest BCUT2D eigenvalue weighted by molar-refractivity contribution is -0.274. The van der Waals surface area contributed by atoms with E-state index < -0.39 is 23.6 Å². The molecule has 3 aromatic carbocycles. The second-order valence-corrected chi connectivity index (χ2v) is 7.40. The van der Waals surface area contributed by atoms with Crippen LogP contribution < -0.4 is 15.6 Å². The number of alkyl halides is 3. The summed E-state index contributed by atoms with van der Waals surface area (Å²) in [4.78, 5) is 25.9. The summed E-state index contributed by atoms with van der Waals surface area (Å²) in [5.41, 5.74) is 0.381. The summed E-state index contributed by atoms with van der Waals surface area (Å²) < 4.78 is 42.4. The van der Waals surface area contributed by atoms with Gasteiger partial charge in [-0.1, -0.05) is 41.9 Å². The Morgan fingerprint density at radius 3 is 2.39 bits per heavy atom. The van der Waals surface area contributed by atoms with Gasteiger partial charge in [-0.05, 0) is 48.0 Å². The summed E-state index contributed by atoms with van der Waals surface area (Å²) in [5, 5.41) is 7.99. The fraction of sp³-hybridized carbons (Fsp3) is 0.0870. The average Bonchev–Trinajstić information content (AvgIpc) is 2.78. The minimum atomic E-state index is -4.82. The average molecular weight is 474 g/mol. The molecule has 0 unspecified atom stereocenters. The highest BCUT2D eigenvalue weighted by Gasteiger charge is 2.31. The Bertz CT molecular complexity index is 1390. The molecule has 0 aliphatic carbocycles. The minimum Gasteiger partial charge on any atom is -0.406 e. The van der Waals surface area contributed by atoms with Crippen LogP contribution >= 0.6 is 11.6 Å². The predicted octanol–water partition coefficient (Wildman–Crippen LogP) is 4.87. The van der Waals surface area contributed by atoms with Crippen molar-refractivity contribution in [2.24, 2.45) is 0 Å². The van der Waals surface area contributed by atoms with E-state index in [0.29, 0.717) is 21.7 Å². The molecule has 6 nitrogen and oxygen atoms in total. The number of ether oxygens (including phenoxy) is 1. The Morgan fingerprint density at radius 1 is 1.00 bits per heavy atom. The van der Waals surface area contributed by atoms with Crippen molar-refractivity contribution in [2.75, 3.05) is 0 Å². The number of nitrogens with zero attached hydrogens (tertiary/aromatic N) is 2. The van der Waals surface area contributed by atoms with E-state index in [1.165, 1.54) is 12.1 Å². The highest BCUT2D eigenvalue weighted by Crippen LogP contribution is 2.23. The Labute approximate surface area is 190 Å². The third-order valence-corrected chi connectivity index (χ3v) is 4.93.